The average Bonchev–Trinajstić information content (AvgIpc) is 2.69. The first kappa shape index (κ1) is 26.6. The molecule has 0 bridgehead atoms. The van der Waals surface area contributed by atoms with Gasteiger partial charge in [0.05, 0.1) is 4.90 Å². The van der Waals surface area contributed by atoms with Gasteiger partial charge in [-0.25, -0.2) is 8.42 Å². The molecule has 30 heavy (non-hydrogen) atoms. The summed E-state index contributed by atoms with van der Waals surface area (Å²) in [5.74, 6) is 0.288. The standard InChI is InChI=1S/C24H42N2O3S/c1-6-11-24(27)26(17-8-3)19-10-9-18-25(16-7-2)21(4)20-22-12-14-23(15-13-22)30(5,28)29/h12-15,21H,6-11,16-20H2,1-5H3. The number of carbonyl (C=O) groups excluding carboxylic acids is 1. The first-order valence-corrected chi connectivity index (χ1v) is 13.4. The number of unbranched alkanes of at least 4 members (excludes halogenated alkanes) is 1. The number of nitrogens with zero attached hydrogens (tertiary/aromatic N) is 2. The van der Waals surface area contributed by atoms with Crippen molar-refractivity contribution in [2.45, 2.75) is 83.6 Å². The van der Waals surface area contributed by atoms with Gasteiger partial charge in [0, 0.05) is 31.8 Å². The van der Waals surface area contributed by atoms with Gasteiger partial charge < -0.3 is 9.80 Å². The van der Waals surface area contributed by atoms with Crippen LogP contribution in [0.3, 0.4) is 0 Å². The molecule has 1 unspecified atom stereocenters. The van der Waals surface area contributed by atoms with Gasteiger partial charge in [-0.05, 0) is 76.2 Å². The van der Waals surface area contributed by atoms with Gasteiger partial charge in [-0.15, -0.1) is 0 Å². The van der Waals surface area contributed by atoms with E-state index in [9.17, 15) is 13.2 Å². The zero-order chi connectivity index (χ0) is 22.6. The summed E-state index contributed by atoms with van der Waals surface area (Å²) in [6, 6.07) is 7.66. The summed E-state index contributed by atoms with van der Waals surface area (Å²) in [6.07, 6.45) is 7.93. The lowest BCUT2D eigenvalue weighted by Gasteiger charge is -2.29. The van der Waals surface area contributed by atoms with E-state index in [1.807, 2.05) is 17.0 Å². The van der Waals surface area contributed by atoms with Crippen molar-refractivity contribution in [2.75, 3.05) is 32.4 Å². The third-order valence-electron chi connectivity index (χ3n) is 5.45. The molecule has 0 spiro atoms. The fourth-order valence-electron chi connectivity index (χ4n) is 3.80. The number of hydrogen-bond donors (Lipinski definition) is 0. The highest BCUT2D eigenvalue weighted by Crippen LogP contribution is 2.15. The number of rotatable bonds is 15. The topological polar surface area (TPSA) is 57.7 Å². The third-order valence-corrected chi connectivity index (χ3v) is 6.58. The molecule has 1 aromatic carbocycles. The second kappa shape index (κ2) is 13.8. The highest BCUT2D eigenvalue weighted by molar-refractivity contribution is 7.90. The molecule has 1 aromatic rings. The summed E-state index contributed by atoms with van der Waals surface area (Å²) in [5.41, 5.74) is 1.16. The van der Waals surface area contributed by atoms with E-state index in [0.29, 0.717) is 17.4 Å². The molecule has 1 atom stereocenters. The van der Waals surface area contributed by atoms with Crippen molar-refractivity contribution >= 4 is 15.7 Å². The summed E-state index contributed by atoms with van der Waals surface area (Å²) in [5, 5.41) is 0. The molecule has 0 heterocycles. The predicted octanol–water partition coefficient (Wildman–Crippen LogP) is 4.55. The van der Waals surface area contributed by atoms with E-state index in [1.54, 1.807) is 12.1 Å². The molecule has 0 N–H and O–H groups in total. The third kappa shape index (κ3) is 9.61. The Morgan fingerprint density at radius 1 is 0.900 bits per heavy atom. The van der Waals surface area contributed by atoms with Crippen LogP contribution in [0.15, 0.2) is 29.2 Å². The van der Waals surface area contributed by atoms with E-state index in [4.69, 9.17) is 0 Å². The van der Waals surface area contributed by atoms with Crippen molar-refractivity contribution < 1.29 is 13.2 Å². The Bertz CT molecular complexity index is 716. The molecule has 0 radical (unpaired) electrons. The molecule has 1 rings (SSSR count). The van der Waals surface area contributed by atoms with Crippen molar-refractivity contribution in [1.29, 1.82) is 0 Å². The van der Waals surface area contributed by atoms with Crippen molar-refractivity contribution in [2.24, 2.45) is 0 Å². The van der Waals surface area contributed by atoms with Gasteiger partial charge in [0.2, 0.25) is 5.91 Å². The Labute approximate surface area is 184 Å². The highest BCUT2D eigenvalue weighted by atomic mass is 32.2. The Hall–Kier alpha value is -1.40. The predicted molar refractivity (Wildman–Crippen MR) is 126 cm³/mol. The Morgan fingerprint density at radius 3 is 2.03 bits per heavy atom. The average molecular weight is 439 g/mol. The summed E-state index contributed by atoms with van der Waals surface area (Å²) in [7, 11) is -3.15. The lowest BCUT2D eigenvalue weighted by atomic mass is 10.1. The van der Waals surface area contributed by atoms with Crippen LogP contribution in [0, 0.1) is 0 Å². The van der Waals surface area contributed by atoms with Gasteiger partial charge in [0.25, 0.3) is 0 Å². The molecule has 0 aliphatic rings. The maximum atomic E-state index is 12.2. The zero-order valence-electron chi connectivity index (χ0n) is 19.7. The molecule has 172 valence electrons. The molecule has 0 saturated carbocycles. The van der Waals surface area contributed by atoms with E-state index in [0.717, 1.165) is 70.3 Å². The largest absolute Gasteiger partial charge is 0.343 e. The van der Waals surface area contributed by atoms with Gasteiger partial charge in [0.15, 0.2) is 9.84 Å². The van der Waals surface area contributed by atoms with Crippen LogP contribution in [-0.4, -0.2) is 62.6 Å². The summed E-state index contributed by atoms with van der Waals surface area (Å²) < 4.78 is 23.3. The van der Waals surface area contributed by atoms with Gasteiger partial charge in [-0.3, -0.25) is 4.79 Å². The normalized spacial score (nSPS) is 12.9. The summed E-state index contributed by atoms with van der Waals surface area (Å²) in [4.78, 5) is 17.2. The van der Waals surface area contributed by atoms with Gasteiger partial charge in [-0.1, -0.05) is 32.9 Å². The van der Waals surface area contributed by atoms with Crippen molar-refractivity contribution in [3.8, 4) is 0 Å². The molecule has 0 aliphatic carbocycles. The van der Waals surface area contributed by atoms with Gasteiger partial charge in [-0.2, -0.15) is 0 Å². The van der Waals surface area contributed by atoms with Crippen LogP contribution >= 0.6 is 0 Å². The number of benzene rings is 1. The number of sulfone groups is 1. The minimum absolute atomic E-state index is 0.288. The van der Waals surface area contributed by atoms with E-state index >= 15 is 0 Å². The Balaban J connectivity index is 2.57. The zero-order valence-corrected chi connectivity index (χ0v) is 20.5. The lowest BCUT2D eigenvalue weighted by Crippen LogP contribution is -2.37. The minimum atomic E-state index is -3.15. The first-order valence-electron chi connectivity index (χ1n) is 11.5. The fourth-order valence-corrected chi connectivity index (χ4v) is 4.43. The maximum absolute atomic E-state index is 12.2. The second-order valence-corrected chi connectivity index (χ2v) is 10.4. The molecule has 0 aliphatic heterocycles. The molecular weight excluding hydrogens is 396 g/mol. The number of carbonyl (C=O) groups is 1. The van der Waals surface area contributed by atoms with Crippen molar-refractivity contribution in [1.82, 2.24) is 9.80 Å². The Morgan fingerprint density at radius 2 is 1.50 bits per heavy atom. The molecule has 1 amide bonds. The minimum Gasteiger partial charge on any atom is -0.343 e. The highest BCUT2D eigenvalue weighted by Gasteiger charge is 2.15. The van der Waals surface area contributed by atoms with Crippen molar-refractivity contribution in [3.05, 3.63) is 29.8 Å². The first-order chi connectivity index (χ1) is 14.2. The summed E-state index contributed by atoms with van der Waals surface area (Å²) in [6.45, 7) is 12.4. The monoisotopic (exact) mass is 438 g/mol. The van der Waals surface area contributed by atoms with Crippen LogP contribution in [0.5, 0.6) is 0 Å². The van der Waals surface area contributed by atoms with Crippen LogP contribution in [0.4, 0.5) is 0 Å². The van der Waals surface area contributed by atoms with Crippen LogP contribution < -0.4 is 0 Å². The molecule has 6 heteroatoms. The van der Waals surface area contributed by atoms with E-state index in [2.05, 4.69) is 32.6 Å². The Kier molecular flexibility index (Phi) is 12.3. The SMILES string of the molecule is CCCC(=O)N(CCC)CCCCN(CCC)C(C)Cc1ccc(S(C)(=O)=O)cc1. The second-order valence-electron chi connectivity index (χ2n) is 8.34. The van der Waals surface area contributed by atoms with Crippen LogP contribution in [0.25, 0.3) is 0 Å². The van der Waals surface area contributed by atoms with E-state index in [-0.39, 0.29) is 5.91 Å². The summed E-state index contributed by atoms with van der Waals surface area (Å²) >= 11 is 0. The van der Waals surface area contributed by atoms with Crippen LogP contribution in [0.2, 0.25) is 0 Å². The molecule has 5 nitrogen and oxygen atoms in total. The molecule has 0 saturated heterocycles. The maximum Gasteiger partial charge on any atom is 0.222 e. The lowest BCUT2D eigenvalue weighted by molar-refractivity contribution is -0.131. The van der Waals surface area contributed by atoms with Crippen LogP contribution in [0.1, 0.15) is 71.8 Å². The van der Waals surface area contributed by atoms with Crippen LogP contribution in [-0.2, 0) is 21.1 Å². The van der Waals surface area contributed by atoms with Crippen molar-refractivity contribution in [3.63, 3.8) is 0 Å². The van der Waals surface area contributed by atoms with E-state index < -0.39 is 9.84 Å². The fraction of sp³-hybridized carbons (Fsp3) is 0.708. The number of hydrogen-bond acceptors (Lipinski definition) is 4. The molecular formula is C24H42N2O3S. The number of amides is 1. The van der Waals surface area contributed by atoms with E-state index in [1.165, 1.54) is 6.26 Å². The smallest absolute Gasteiger partial charge is 0.222 e. The quantitative estimate of drug-likeness (QED) is 0.377. The molecule has 0 aromatic heterocycles. The van der Waals surface area contributed by atoms with Gasteiger partial charge >= 0.3 is 0 Å². The molecule has 0 fully saturated rings. The van der Waals surface area contributed by atoms with Gasteiger partial charge in [0.1, 0.15) is 0 Å².